The van der Waals surface area contributed by atoms with Gasteiger partial charge in [0.05, 0.1) is 16.7 Å². The maximum atomic E-state index is 12.9. The molecule has 0 aliphatic heterocycles. The summed E-state index contributed by atoms with van der Waals surface area (Å²) >= 11 is 1.39. The summed E-state index contributed by atoms with van der Waals surface area (Å²) in [4.78, 5) is 27.5. The van der Waals surface area contributed by atoms with Gasteiger partial charge >= 0.3 is 0 Å². The zero-order chi connectivity index (χ0) is 20.4. The largest absolute Gasteiger partial charge is 0.342 e. The molecule has 2 aromatic heterocycles. The first-order valence-corrected chi connectivity index (χ1v) is 11.4. The Bertz CT molecular complexity index is 1080. The summed E-state index contributed by atoms with van der Waals surface area (Å²) in [5, 5.41) is 9.89. The predicted octanol–water partition coefficient (Wildman–Crippen LogP) is 3.34. The lowest BCUT2D eigenvalue weighted by molar-refractivity contribution is -0.129. The molecule has 1 aliphatic rings. The van der Waals surface area contributed by atoms with Crippen LogP contribution in [0.1, 0.15) is 45.4 Å². The fraction of sp³-hybridized carbons (Fsp3) is 0.524. The second-order valence-corrected chi connectivity index (χ2v) is 8.62. The van der Waals surface area contributed by atoms with Gasteiger partial charge in [-0.25, -0.2) is 0 Å². The maximum absolute atomic E-state index is 12.9. The molecule has 0 N–H and O–H groups in total. The van der Waals surface area contributed by atoms with Crippen LogP contribution in [0.3, 0.4) is 0 Å². The Morgan fingerprint density at radius 1 is 1.21 bits per heavy atom. The molecule has 2 heterocycles. The molecule has 1 saturated carbocycles. The van der Waals surface area contributed by atoms with Crippen molar-refractivity contribution in [1.29, 1.82) is 0 Å². The monoisotopic (exact) mass is 413 g/mol. The third-order valence-electron chi connectivity index (χ3n) is 5.77. The minimum absolute atomic E-state index is 0.0491. The molecule has 1 aliphatic carbocycles. The Morgan fingerprint density at radius 2 is 1.97 bits per heavy atom. The average molecular weight is 414 g/mol. The molecule has 7 nitrogen and oxygen atoms in total. The predicted molar refractivity (Wildman–Crippen MR) is 115 cm³/mol. The third kappa shape index (κ3) is 3.77. The van der Waals surface area contributed by atoms with Gasteiger partial charge in [0.15, 0.2) is 5.16 Å². The van der Waals surface area contributed by atoms with Crippen LogP contribution in [0.15, 0.2) is 34.2 Å². The molecule has 0 unspecified atom stereocenters. The smallest absolute Gasteiger partial charge is 0.262 e. The van der Waals surface area contributed by atoms with E-state index in [0.717, 1.165) is 24.8 Å². The molecule has 1 fully saturated rings. The highest BCUT2D eigenvalue weighted by Crippen LogP contribution is 2.25. The Hall–Kier alpha value is -2.35. The van der Waals surface area contributed by atoms with Crippen LogP contribution in [0.5, 0.6) is 0 Å². The van der Waals surface area contributed by atoms with E-state index < -0.39 is 0 Å². The van der Waals surface area contributed by atoms with Gasteiger partial charge in [-0.2, -0.15) is 0 Å². The second kappa shape index (κ2) is 8.57. The molecule has 4 rings (SSSR count). The molecule has 0 bridgehead atoms. The minimum Gasteiger partial charge on any atom is -0.342 e. The molecule has 1 aromatic carbocycles. The van der Waals surface area contributed by atoms with Crippen LogP contribution < -0.4 is 5.56 Å². The van der Waals surface area contributed by atoms with Gasteiger partial charge in [0.25, 0.3) is 5.56 Å². The highest BCUT2D eigenvalue weighted by atomic mass is 32.2. The van der Waals surface area contributed by atoms with E-state index in [1.165, 1.54) is 31.0 Å². The van der Waals surface area contributed by atoms with Crippen molar-refractivity contribution in [3.05, 3.63) is 34.6 Å². The number of carbonyl (C=O) groups is 1. The van der Waals surface area contributed by atoms with Crippen molar-refractivity contribution in [1.82, 2.24) is 24.1 Å². The van der Waals surface area contributed by atoms with Crippen LogP contribution in [0.4, 0.5) is 0 Å². The van der Waals surface area contributed by atoms with Crippen LogP contribution in [-0.4, -0.2) is 48.8 Å². The summed E-state index contributed by atoms with van der Waals surface area (Å²) in [5.41, 5.74) is 0.729. The van der Waals surface area contributed by atoms with Gasteiger partial charge < -0.3 is 4.90 Å². The summed E-state index contributed by atoms with van der Waals surface area (Å²) in [6.45, 7) is 2.61. The molecule has 8 heteroatoms. The first-order chi connectivity index (χ1) is 14.1. The lowest BCUT2D eigenvalue weighted by Crippen LogP contribution is -2.39. The van der Waals surface area contributed by atoms with E-state index in [-0.39, 0.29) is 11.5 Å². The SMILES string of the molecule is CCCn1c(=O)c2ccccc2n2c(SCC(=O)N(C)C3CCCCC3)nnc12. The third-order valence-corrected chi connectivity index (χ3v) is 6.68. The van der Waals surface area contributed by atoms with Gasteiger partial charge in [-0.05, 0) is 31.4 Å². The van der Waals surface area contributed by atoms with E-state index in [9.17, 15) is 9.59 Å². The van der Waals surface area contributed by atoms with Crippen molar-refractivity contribution in [2.75, 3.05) is 12.8 Å². The van der Waals surface area contributed by atoms with Crippen LogP contribution in [0.25, 0.3) is 16.7 Å². The molecule has 0 spiro atoms. The van der Waals surface area contributed by atoms with Gasteiger partial charge in [0.1, 0.15) is 0 Å². The molecular weight excluding hydrogens is 386 g/mol. The number of aromatic nitrogens is 4. The van der Waals surface area contributed by atoms with Crippen molar-refractivity contribution in [2.24, 2.45) is 0 Å². The van der Waals surface area contributed by atoms with E-state index in [2.05, 4.69) is 10.2 Å². The molecule has 1 amide bonds. The van der Waals surface area contributed by atoms with E-state index >= 15 is 0 Å². The zero-order valence-corrected chi connectivity index (χ0v) is 17.8. The van der Waals surface area contributed by atoms with Crippen molar-refractivity contribution in [2.45, 2.75) is 63.2 Å². The van der Waals surface area contributed by atoms with Crippen molar-refractivity contribution >= 4 is 34.3 Å². The van der Waals surface area contributed by atoms with Gasteiger partial charge in [0.2, 0.25) is 11.7 Å². The Morgan fingerprint density at radius 3 is 2.72 bits per heavy atom. The van der Waals surface area contributed by atoms with Crippen LogP contribution in [0, 0.1) is 0 Å². The standard InChI is InChI=1S/C21H27N5O2S/c1-3-13-25-19(28)16-11-7-8-12-17(16)26-20(25)22-23-21(26)29-14-18(27)24(2)15-9-5-4-6-10-15/h7-8,11-12,15H,3-6,9-10,13-14H2,1-2H3. The summed E-state index contributed by atoms with van der Waals surface area (Å²) in [7, 11) is 1.91. The summed E-state index contributed by atoms with van der Waals surface area (Å²) in [6.07, 6.45) is 6.68. The number of nitrogens with zero attached hydrogens (tertiary/aromatic N) is 5. The van der Waals surface area contributed by atoms with E-state index in [4.69, 9.17) is 0 Å². The number of fused-ring (bicyclic) bond motifs is 3. The zero-order valence-electron chi connectivity index (χ0n) is 17.0. The second-order valence-electron chi connectivity index (χ2n) is 7.68. The summed E-state index contributed by atoms with van der Waals surface area (Å²) in [5.74, 6) is 0.964. The maximum Gasteiger partial charge on any atom is 0.262 e. The number of benzene rings is 1. The Labute approximate surface area is 174 Å². The number of carbonyl (C=O) groups excluding carboxylic acids is 1. The van der Waals surface area contributed by atoms with Gasteiger partial charge in [-0.3, -0.25) is 18.6 Å². The summed E-state index contributed by atoms with van der Waals surface area (Å²) in [6, 6.07) is 7.86. The molecule has 0 atom stereocenters. The van der Waals surface area contributed by atoms with Crippen LogP contribution in [-0.2, 0) is 11.3 Å². The van der Waals surface area contributed by atoms with Gasteiger partial charge in [-0.1, -0.05) is 50.1 Å². The number of hydrogen-bond acceptors (Lipinski definition) is 5. The van der Waals surface area contributed by atoms with Crippen LogP contribution >= 0.6 is 11.8 Å². The van der Waals surface area contributed by atoms with Crippen LogP contribution in [0.2, 0.25) is 0 Å². The number of thioether (sulfide) groups is 1. The van der Waals surface area contributed by atoms with Gasteiger partial charge in [-0.15, -0.1) is 10.2 Å². The molecule has 0 saturated heterocycles. The number of aryl methyl sites for hydroxylation is 1. The Kier molecular flexibility index (Phi) is 5.89. The topological polar surface area (TPSA) is 72.5 Å². The Balaban J connectivity index is 1.64. The lowest BCUT2D eigenvalue weighted by atomic mass is 9.94. The van der Waals surface area contributed by atoms with Crippen molar-refractivity contribution in [3.8, 4) is 0 Å². The molecular formula is C21H27N5O2S. The first-order valence-electron chi connectivity index (χ1n) is 10.4. The number of hydrogen-bond donors (Lipinski definition) is 0. The van der Waals surface area contributed by atoms with Gasteiger partial charge in [0, 0.05) is 19.6 Å². The van der Waals surface area contributed by atoms with Crippen molar-refractivity contribution in [3.63, 3.8) is 0 Å². The number of rotatable bonds is 6. The average Bonchev–Trinajstić information content (AvgIpc) is 3.19. The normalized spacial score (nSPS) is 15.2. The quantitative estimate of drug-likeness (QED) is 0.580. The van der Waals surface area contributed by atoms with E-state index in [1.54, 1.807) is 4.57 Å². The van der Waals surface area contributed by atoms with E-state index in [1.807, 2.05) is 47.5 Å². The first kappa shape index (κ1) is 19.9. The molecule has 3 aromatic rings. The minimum atomic E-state index is -0.0491. The highest BCUT2D eigenvalue weighted by molar-refractivity contribution is 7.99. The number of para-hydroxylation sites is 1. The van der Waals surface area contributed by atoms with E-state index in [0.29, 0.717) is 34.7 Å². The fourth-order valence-electron chi connectivity index (χ4n) is 4.15. The number of amides is 1. The summed E-state index contributed by atoms with van der Waals surface area (Å²) < 4.78 is 3.58. The van der Waals surface area contributed by atoms with Crippen molar-refractivity contribution < 1.29 is 4.79 Å². The molecule has 29 heavy (non-hydrogen) atoms. The highest BCUT2D eigenvalue weighted by Gasteiger charge is 2.23. The molecule has 0 radical (unpaired) electrons. The molecule has 154 valence electrons. The lowest BCUT2D eigenvalue weighted by Gasteiger charge is -2.31. The fourth-order valence-corrected chi connectivity index (χ4v) is 5.02.